The molecule has 0 radical (unpaired) electrons. The van der Waals surface area contributed by atoms with Gasteiger partial charge in [0.2, 0.25) is 11.9 Å². The van der Waals surface area contributed by atoms with Crippen LogP contribution in [-0.4, -0.2) is 28.6 Å². The topological polar surface area (TPSA) is 89.2 Å². The average molecular weight is 292 g/mol. The highest BCUT2D eigenvalue weighted by atomic mass is 19.1. The Bertz CT molecular complexity index is 609. The molecule has 2 rings (SSSR count). The van der Waals surface area contributed by atoms with Gasteiger partial charge in [0.05, 0.1) is 6.61 Å². The first-order valence-electron chi connectivity index (χ1n) is 6.43. The van der Waals surface area contributed by atoms with Crippen molar-refractivity contribution < 1.29 is 9.13 Å². The standard InChI is InChI=1S/C13H17FN6O/c1-3-21-13-17-11(19-15)16-12(18-13)20(2)8-9-5-4-6-10(14)7-9/h4-7H,3,8,15H2,1-2H3,(H,16,17,18,19). The molecule has 7 nitrogen and oxygen atoms in total. The van der Waals surface area contributed by atoms with Crippen LogP contribution in [0.15, 0.2) is 24.3 Å². The summed E-state index contributed by atoms with van der Waals surface area (Å²) in [6.45, 7) is 2.70. The molecular formula is C13H17FN6O. The highest BCUT2D eigenvalue weighted by molar-refractivity contribution is 5.38. The second-order valence-corrected chi connectivity index (χ2v) is 4.30. The Labute approximate surface area is 122 Å². The molecule has 0 unspecified atom stereocenters. The second kappa shape index (κ2) is 6.80. The van der Waals surface area contributed by atoms with Gasteiger partial charge in [0.15, 0.2) is 0 Å². The van der Waals surface area contributed by atoms with E-state index in [1.54, 1.807) is 18.0 Å². The molecule has 0 saturated carbocycles. The first-order chi connectivity index (χ1) is 10.1. The van der Waals surface area contributed by atoms with Gasteiger partial charge in [-0.15, -0.1) is 0 Å². The van der Waals surface area contributed by atoms with Crippen LogP contribution < -0.4 is 20.9 Å². The minimum Gasteiger partial charge on any atom is -0.464 e. The van der Waals surface area contributed by atoms with Crippen molar-refractivity contribution in [2.24, 2.45) is 5.84 Å². The molecule has 0 aliphatic heterocycles. The summed E-state index contributed by atoms with van der Waals surface area (Å²) in [5.74, 6) is 5.63. The van der Waals surface area contributed by atoms with E-state index >= 15 is 0 Å². The van der Waals surface area contributed by atoms with Gasteiger partial charge < -0.3 is 9.64 Å². The highest BCUT2D eigenvalue weighted by Gasteiger charge is 2.11. The summed E-state index contributed by atoms with van der Waals surface area (Å²) in [4.78, 5) is 14.1. The fourth-order valence-electron chi connectivity index (χ4n) is 1.75. The zero-order chi connectivity index (χ0) is 15.2. The maximum Gasteiger partial charge on any atom is 0.323 e. The number of hydrazine groups is 1. The Hall–Kier alpha value is -2.48. The number of rotatable bonds is 6. The van der Waals surface area contributed by atoms with Gasteiger partial charge in [0.25, 0.3) is 0 Å². The van der Waals surface area contributed by atoms with Gasteiger partial charge in [0.1, 0.15) is 5.82 Å². The number of nitrogens with zero attached hydrogens (tertiary/aromatic N) is 4. The number of nitrogens with one attached hydrogen (secondary N) is 1. The van der Waals surface area contributed by atoms with Crippen molar-refractivity contribution in [3.05, 3.63) is 35.6 Å². The first kappa shape index (κ1) is 14.9. The summed E-state index contributed by atoms with van der Waals surface area (Å²) < 4.78 is 18.5. The quantitative estimate of drug-likeness (QED) is 0.613. The largest absolute Gasteiger partial charge is 0.464 e. The monoisotopic (exact) mass is 292 g/mol. The van der Waals surface area contributed by atoms with Crippen molar-refractivity contribution in [1.82, 2.24) is 15.0 Å². The summed E-state index contributed by atoms with van der Waals surface area (Å²) in [7, 11) is 1.79. The molecule has 0 saturated heterocycles. The Morgan fingerprint density at radius 2 is 2.14 bits per heavy atom. The SMILES string of the molecule is CCOc1nc(NN)nc(N(C)Cc2cccc(F)c2)n1. The lowest BCUT2D eigenvalue weighted by Crippen LogP contribution is -2.22. The number of halogens is 1. The lowest BCUT2D eigenvalue weighted by atomic mass is 10.2. The number of aromatic nitrogens is 3. The van der Waals surface area contributed by atoms with Gasteiger partial charge in [-0.25, -0.2) is 10.2 Å². The van der Waals surface area contributed by atoms with Crippen LogP contribution in [0.5, 0.6) is 6.01 Å². The Balaban J connectivity index is 2.21. The van der Waals surface area contributed by atoms with Crippen LogP contribution in [0.3, 0.4) is 0 Å². The third-order valence-electron chi connectivity index (χ3n) is 2.66. The summed E-state index contributed by atoms with van der Waals surface area (Å²) >= 11 is 0. The molecule has 0 amide bonds. The number of nitrogens with two attached hydrogens (primary N) is 1. The summed E-state index contributed by atoms with van der Waals surface area (Å²) in [6.07, 6.45) is 0. The van der Waals surface area contributed by atoms with Crippen molar-refractivity contribution in [3.8, 4) is 6.01 Å². The van der Waals surface area contributed by atoms with E-state index in [-0.39, 0.29) is 17.8 Å². The van der Waals surface area contributed by atoms with E-state index in [4.69, 9.17) is 10.6 Å². The summed E-state index contributed by atoms with van der Waals surface area (Å²) in [6, 6.07) is 6.53. The Morgan fingerprint density at radius 1 is 1.33 bits per heavy atom. The maximum absolute atomic E-state index is 13.2. The molecule has 0 atom stereocenters. The molecule has 0 fully saturated rings. The number of nitrogen functional groups attached to an aromatic ring is 1. The van der Waals surface area contributed by atoms with Gasteiger partial charge in [0, 0.05) is 13.6 Å². The fraction of sp³-hybridized carbons (Fsp3) is 0.308. The van der Waals surface area contributed by atoms with Crippen molar-refractivity contribution in [1.29, 1.82) is 0 Å². The summed E-state index contributed by atoms with van der Waals surface area (Å²) in [5, 5.41) is 0. The van der Waals surface area contributed by atoms with E-state index in [0.29, 0.717) is 19.1 Å². The smallest absolute Gasteiger partial charge is 0.323 e. The second-order valence-electron chi connectivity index (χ2n) is 4.30. The molecule has 2 aromatic rings. The zero-order valence-corrected chi connectivity index (χ0v) is 11.9. The molecule has 0 bridgehead atoms. The molecule has 21 heavy (non-hydrogen) atoms. The predicted molar refractivity (Wildman–Crippen MR) is 77.3 cm³/mol. The van der Waals surface area contributed by atoms with Gasteiger partial charge in [-0.1, -0.05) is 12.1 Å². The van der Waals surface area contributed by atoms with Crippen LogP contribution in [0.4, 0.5) is 16.3 Å². The lowest BCUT2D eigenvalue weighted by Gasteiger charge is -2.18. The molecule has 3 N–H and O–H groups in total. The van der Waals surface area contributed by atoms with E-state index in [0.717, 1.165) is 5.56 Å². The first-order valence-corrected chi connectivity index (χ1v) is 6.43. The molecular weight excluding hydrogens is 275 g/mol. The predicted octanol–water partition coefficient (Wildman–Crippen LogP) is 1.33. The van der Waals surface area contributed by atoms with Crippen LogP contribution in [0, 0.1) is 5.82 Å². The van der Waals surface area contributed by atoms with Crippen LogP contribution in [0.1, 0.15) is 12.5 Å². The van der Waals surface area contributed by atoms with Crippen LogP contribution >= 0.6 is 0 Å². The molecule has 0 aliphatic carbocycles. The number of hydrogen-bond acceptors (Lipinski definition) is 7. The summed E-state index contributed by atoms with van der Waals surface area (Å²) in [5.41, 5.74) is 3.17. The maximum atomic E-state index is 13.2. The third kappa shape index (κ3) is 3.99. The van der Waals surface area contributed by atoms with Gasteiger partial charge in [-0.05, 0) is 24.6 Å². The Kier molecular flexibility index (Phi) is 4.83. The minimum atomic E-state index is -0.282. The van der Waals surface area contributed by atoms with Crippen LogP contribution in [0.2, 0.25) is 0 Å². The van der Waals surface area contributed by atoms with E-state index in [2.05, 4.69) is 20.4 Å². The van der Waals surface area contributed by atoms with E-state index in [1.165, 1.54) is 12.1 Å². The number of anilines is 2. The van der Waals surface area contributed by atoms with Crippen molar-refractivity contribution in [2.75, 3.05) is 24.0 Å². The normalized spacial score (nSPS) is 10.3. The minimum absolute atomic E-state index is 0.182. The number of ether oxygens (including phenoxy) is 1. The third-order valence-corrected chi connectivity index (χ3v) is 2.66. The lowest BCUT2D eigenvalue weighted by molar-refractivity contribution is 0.312. The van der Waals surface area contributed by atoms with Gasteiger partial charge >= 0.3 is 6.01 Å². The highest BCUT2D eigenvalue weighted by Crippen LogP contribution is 2.16. The van der Waals surface area contributed by atoms with E-state index in [1.807, 2.05) is 13.0 Å². The molecule has 0 spiro atoms. The van der Waals surface area contributed by atoms with Crippen LogP contribution in [0.25, 0.3) is 0 Å². The van der Waals surface area contributed by atoms with Crippen molar-refractivity contribution >= 4 is 11.9 Å². The number of hydrogen-bond donors (Lipinski definition) is 2. The van der Waals surface area contributed by atoms with E-state index in [9.17, 15) is 4.39 Å². The molecule has 112 valence electrons. The molecule has 1 heterocycles. The van der Waals surface area contributed by atoms with Crippen molar-refractivity contribution in [2.45, 2.75) is 13.5 Å². The van der Waals surface area contributed by atoms with Gasteiger partial charge in [-0.2, -0.15) is 15.0 Å². The fourth-order valence-corrected chi connectivity index (χ4v) is 1.75. The molecule has 0 aliphatic rings. The van der Waals surface area contributed by atoms with Crippen LogP contribution in [-0.2, 0) is 6.54 Å². The Morgan fingerprint density at radius 3 is 2.81 bits per heavy atom. The molecule has 8 heteroatoms. The van der Waals surface area contributed by atoms with Crippen molar-refractivity contribution in [3.63, 3.8) is 0 Å². The molecule has 1 aromatic carbocycles. The zero-order valence-electron chi connectivity index (χ0n) is 11.9. The molecule has 1 aromatic heterocycles. The number of benzene rings is 1. The van der Waals surface area contributed by atoms with E-state index < -0.39 is 0 Å². The average Bonchev–Trinajstić information content (AvgIpc) is 2.47. The van der Waals surface area contributed by atoms with Gasteiger partial charge in [-0.3, -0.25) is 5.43 Å².